The zero-order valence-electron chi connectivity index (χ0n) is 17.1. The molecule has 1 aromatic heterocycles. The maximum Gasteiger partial charge on any atom is 0.191 e. The van der Waals surface area contributed by atoms with Gasteiger partial charge in [-0.15, -0.1) is 35.3 Å². The monoisotopic (exact) mass is 528 g/mol. The van der Waals surface area contributed by atoms with E-state index < -0.39 is 0 Å². The van der Waals surface area contributed by atoms with E-state index >= 15 is 0 Å². The van der Waals surface area contributed by atoms with Gasteiger partial charge in [0.25, 0.3) is 0 Å². The summed E-state index contributed by atoms with van der Waals surface area (Å²) in [6.07, 6.45) is 2.69. The Morgan fingerprint density at radius 3 is 2.52 bits per heavy atom. The fourth-order valence-electron chi connectivity index (χ4n) is 3.36. The number of hydrogen-bond acceptors (Lipinski definition) is 4. The molecule has 0 atom stereocenters. The first-order chi connectivity index (χ1) is 13.7. The number of likely N-dealkylation sites (tertiary alicyclic amines) is 1. The molecule has 0 unspecified atom stereocenters. The summed E-state index contributed by atoms with van der Waals surface area (Å²) in [5.74, 6) is 0.870. The average molecular weight is 529 g/mol. The Morgan fingerprint density at radius 1 is 1.14 bits per heavy atom. The van der Waals surface area contributed by atoms with Crippen molar-refractivity contribution in [3.05, 3.63) is 57.8 Å². The van der Waals surface area contributed by atoms with Crippen molar-refractivity contribution in [1.82, 2.24) is 15.5 Å². The number of aliphatic hydroxyl groups excluding tert-OH is 1. The van der Waals surface area contributed by atoms with Crippen LogP contribution in [0.1, 0.15) is 35.8 Å². The molecular weight excluding hydrogens is 495 g/mol. The number of thiophene rings is 1. The van der Waals surface area contributed by atoms with Crippen molar-refractivity contribution in [1.29, 1.82) is 0 Å². The van der Waals surface area contributed by atoms with Gasteiger partial charge in [0, 0.05) is 37.6 Å². The third-order valence-electron chi connectivity index (χ3n) is 4.99. The van der Waals surface area contributed by atoms with Gasteiger partial charge in [-0.05, 0) is 48.8 Å². The fourth-order valence-corrected chi connectivity index (χ4v) is 4.07. The van der Waals surface area contributed by atoms with E-state index in [4.69, 9.17) is 4.99 Å². The summed E-state index contributed by atoms with van der Waals surface area (Å²) >= 11 is 1.80. The number of guanidine groups is 1. The summed E-state index contributed by atoms with van der Waals surface area (Å²) in [4.78, 5) is 8.52. The Hall–Kier alpha value is -1.16. The number of halogens is 1. The van der Waals surface area contributed by atoms with E-state index in [1.54, 1.807) is 11.3 Å². The summed E-state index contributed by atoms with van der Waals surface area (Å²) in [5.41, 5.74) is 2.54. The van der Waals surface area contributed by atoms with Crippen molar-refractivity contribution >= 4 is 41.3 Å². The third-order valence-corrected chi connectivity index (χ3v) is 5.93. The topological polar surface area (TPSA) is 59.9 Å². The Labute approximate surface area is 195 Å². The Kier molecular flexibility index (Phi) is 11.0. The van der Waals surface area contributed by atoms with Crippen molar-refractivity contribution in [2.45, 2.75) is 45.4 Å². The summed E-state index contributed by atoms with van der Waals surface area (Å²) in [6, 6.07) is 13.0. The van der Waals surface area contributed by atoms with Crippen molar-refractivity contribution < 1.29 is 5.11 Å². The van der Waals surface area contributed by atoms with Crippen LogP contribution < -0.4 is 10.6 Å². The molecule has 1 aromatic carbocycles. The quantitative estimate of drug-likeness (QED) is 0.279. The maximum atomic E-state index is 9.62. The Morgan fingerprint density at radius 2 is 1.86 bits per heavy atom. The van der Waals surface area contributed by atoms with Crippen molar-refractivity contribution in [3.63, 3.8) is 0 Å². The number of hydrogen-bond donors (Lipinski definition) is 3. The highest BCUT2D eigenvalue weighted by Gasteiger charge is 2.16. The molecule has 1 saturated heterocycles. The van der Waals surface area contributed by atoms with Crippen LogP contribution in [0.25, 0.3) is 0 Å². The number of aliphatic imine (C=N–C) groups is 1. The molecular formula is C22H33IN4OS. The van der Waals surface area contributed by atoms with Crippen LogP contribution in [0, 0.1) is 0 Å². The number of rotatable bonds is 8. The lowest BCUT2D eigenvalue weighted by Crippen LogP contribution is -2.38. The second kappa shape index (κ2) is 13.2. The normalized spacial score (nSPS) is 15.7. The number of piperidine rings is 1. The van der Waals surface area contributed by atoms with Gasteiger partial charge in [-0.1, -0.05) is 30.3 Å². The smallest absolute Gasteiger partial charge is 0.191 e. The first-order valence-corrected chi connectivity index (χ1v) is 11.1. The standard InChI is InChI=1S/C22H32N4OS.HI/c1-2-23-22(24-12-9-21-4-3-15-28-21)25-16-18-5-7-19(8-6-18)17-26-13-10-20(27)11-14-26;/h3-8,15,20,27H,2,9-14,16-17H2,1H3,(H2,23,24,25);1H. The SMILES string of the molecule is CCNC(=NCc1ccc(CN2CCC(O)CC2)cc1)NCCc1cccs1.I. The van der Waals surface area contributed by atoms with Gasteiger partial charge in [-0.3, -0.25) is 4.90 Å². The lowest BCUT2D eigenvalue weighted by Gasteiger charge is -2.29. The molecule has 0 bridgehead atoms. The number of nitrogens with zero attached hydrogens (tertiary/aromatic N) is 2. The molecule has 1 aliphatic heterocycles. The van der Waals surface area contributed by atoms with Gasteiger partial charge in [-0.2, -0.15) is 0 Å². The molecule has 0 saturated carbocycles. The first-order valence-electron chi connectivity index (χ1n) is 10.3. The third kappa shape index (κ3) is 8.62. The van der Waals surface area contributed by atoms with E-state index in [1.165, 1.54) is 16.0 Å². The molecule has 0 spiro atoms. The number of aliphatic hydroxyl groups is 1. The molecule has 7 heteroatoms. The van der Waals surface area contributed by atoms with Gasteiger partial charge >= 0.3 is 0 Å². The molecule has 3 N–H and O–H groups in total. The molecule has 1 fully saturated rings. The molecule has 3 rings (SSSR count). The minimum atomic E-state index is -0.110. The van der Waals surface area contributed by atoms with Crippen LogP contribution in [0.5, 0.6) is 0 Å². The summed E-state index contributed by atoms with van der Waals surface area (Å²) in [7, 11) is 0. The lowest BCUT2D eigenvalue weighted by atomic mass is 10.1. The van der Waals surface area contributed by atoms with Gasteiger partial charge in [0.1, 0.15) is 0 Å². The highest BCUT2D eigenvalue weighted by molar-refractivity contribution is 14.0. The highest BCUT2D eigenvalue weighted by atomic mass is 127. The Balaban J connectivity index is 0.00000300. The number of benzene rings is 1. The van der Waals surface area contributed by atoms with E-state index in [-0.39, 0.29) is 30.1 Å². The lowest BCUT2D eigenvalue weighted by molar-refractivity contribution is 0.0792. The van der Waals surface area contributed by atoms with Crippen LogP contribution in [0.2, 0.25) is 0 Å². The van der Waals surface area contributed by atoms with Crippen LogP contribution in [-0.2, 0) is 19.5 Å². The van der Waals surface area contributed by atoms with Crippen LogP contribution in [-0.4, -0.2) is 48.2 Å². The van der Waals surface area contributed by atoms with Crippen molar-refractivity contribution in [2.75, 3.05) is 26.2 Å². The van der Waals surface area contributed by atoms with Gasteiger partial charge in [0.05, 0.1) is 12.6 Å². The maximum absolute atomic E-state index is 9.62. The van der Waals surface area contributed by atoms with E-state index in [0.717, 1.165) is 57.9 Å². The van der Waals surface area contributed by atoms with Crippen molar-refractivity contribution in [2.24, 2.45) is 4.99 Å². The molecule has 1 aliphatic rings. The fraction of sp³-hybridized carbons (Fsp3) is 0.500. The largest absolute Gasteiger partial charge is 0.393 e. The van der Waals surface area contributed by atoms with Crippen LogP contribution in [0.3, 0.4) is 0 Å². The molecule has 5 nitrogen and oxygen atoms in total. The first kappa shape index (κ1) is 24.1. The molecule has 160 valence electrons. The number of nitrogens with one attached hydrogen (secondary N) is 2. The van der Waals surface area contributed by atoms with E-state index in [1.807, 2.05) is 0 Å². The minimum absolute atomic E-state index is 0. The summed E-state index contributed by atoms with van der Waals surface area (Å²) < 4.78 is 0. The van der Waals surface area contributed by atoms with Gasteiger partial charge in [-0.25, -0.2) is 4.99 Å². The molecule has 2 heterocycles. The second-order valence-electron chi connectivity index (χ2n) is 7.28. The van der Waals surface area contributed by atoms with Crippen molar-refractivity contribution in [3.8, 4) is 0 Å². The minimum Gasteiger partial charge on any atom is -0.393 e. The van der Waals surface area contributed by atoms with Gasteiger partial charge < -0.3 is 15.7 Å². The van der Waals surface area contributed by atoms with Crippen LogP contribution in [0.4, 0.5) is 0 Å². The summed E-state index contributed by atoms with van der Waals surface area (Å²) in [6.45, 7) is 7.43. The van der Waals surface area contributed by atoms with Gasteiger partial charge in [0.2, 0.25) is 0 Å². The molecule has 0 aliphatic carbocycles. The van der Waals surface area contributed by atoms with Crippen LogP contribution >= 0.6 is 35.3 Å². The zero-order valence-corrected chi connectivity index (χ0v) is 20.3. The summed E-state index contributed by atoms with van der Waals surface area (Å²) in [5, 5.41) is 18.5. The van der Waals surface area contributed by atoms with E-state index in [0.29, 0.717) is 6.54 Å². The van der Waals surface area contributed by atoms with E-state index in [9.17, 15) is 5.11 Å². The molecule has 2 aromatic rings. The zero-order chi connectivity index (χ0) is 19.6. The highest BCUT2D eigenvalue weighted by Crippen LogP contribution is 2.14. The predicted octanol–water partition coefficient (Wildman–Crippen LogP) is 3.62. The Bertz CT molecular complexity index is 713. The molecule has 29 heavy (non-hydrogen) atoms. The van der Waals surface area contributed by atoms with Gasteiger partial charge in [0.15, 0.2) is 5.96 Å². The molecule has 0 amide bonds. The predicted molar refractivity (Wildman–Crippen MR) is 133 cm³/mol. The average Bonchev–Trinajstić information content (AvgIpc) is 3.22. The second-order valence-corrected chi connectivity index (χ2v) is 8.31. The van der Waals surface area contributed by atoms with Crippen LogP contribution in [0.15, 0.2) is 46.8 Å². The van der Waals surface area contributed by atoms with E-state index in [2.05, 4.69) is 64.2 Å². The molecule has 0 radical (unpaired) electrons.